The maximum atomic E-state index is 14.3. The van der Waals surface area contributed by atoms with Gasteiger partial charge in [-0.05, 0) is 72.2 Å². The van der Waals surface area contributed by atoms with Gasteiger partial charge in [-0.15, -0.1) is 0 Å². The van der Waals surface area contributed by atoms with Crippen molar-refractivity contribution in [3.05, 3.63) is 101 Å². The highest BCUT2D eigenvalue weighted by Gasteiger charge is 2.49. The fraction of sp³-hybridized carbons (Fsp3) is 0.500. The fourth-order valence-corrected chi connectivity index (χ4v) is 10.7. The van der Waals surface area contributed by atoms with Crippen molar-refractivity contribution in [2.45, 2.75) is 115 Å². The van der Waals surface area contributed by atoms with E-state index in [4.69, 9.17) is 11.5 Å². The van der Waals surface area contributed by atoms with Crippen LogP contribution in [0.2, 0.25) is 0 Å². The molecular weight excluding hydrogens is 854 g/mol. The summed E-state index contributed by atoms with van der Waals surface area (Å²) in [5, 5.41) is 41.5. The summed E-state index contributed by atoms with van der Waals surface area (Å²) < 4.78 is 14.3. The number of hydrogen-bond donors (Lipinski definition) is 6. The largest absolute Gasteiger partial charge is 0.465 e. The number of carbonyl (C=O) groups excluding carboxylic acids is 4. The average Bonchev–Trinajstić information content (AvgIpc) is 3.96. The van der Waals surface area contributed by atoms with E-state index in [2.05, 4.69) is 4.90 Å². The first-order chi connectivity index (χ1) is 30.9. The number of hydrogen-bond acceptors (Lipinski definition) is 9. The smallest absolute Gasteiger partial charge is 0.407 e. The summed E-state index contributed by atoms with van der Waals surface area (Å²) in [4.78, 5) is 83.8. The van der Waals surface area contributed by atoms with Crippen LogP contribution in [0.15, 0.2) is 72.8 Å². The number of nitrogens with two attached hydrogens (primary N) is 2. The van der Waals surface area contributed by atoms with Gasteiger partial charge >= 0.3 is 12.2 Å². The minimum atomic E-state index is -1.35. The first-order valence-electron chi connectivity index (χ1n) is 22.1. The lowest BCUT2D eigenvalue weighted by Gasteiger charge is -2.40. The average molecular weight is 916 g/mol. The Bertz CT molecular complexity index is 2160. The number of anilines is 1. The topological polar surface area (TPSA) is 252 Å². The molecule has 8 atom stereocenters. The van der Waals surface area contributed by atoms with Crippen molar-refractivity contribution in [2.75, 3.05) is 32.1 Å². The normalized spacial score (nSPS) is 23.1. The Balaban J connectivity index is 1.27. The Kier molecular flexibility index (Phi) is 14.4. The number of aliphatic hydroxyl groups is 2. The van der Waals surface area contributed by atoms with E-state index >= 15 is 0 Å². The third-order valence-electron chi connectivity index (χ3n) is 13.6. The minimum Gasteiger partial charge on any atom is -0.465 e. The van der Waals surface area contributed by atoms with Gasteiger partial charge in [-0.25, -0.2) is 14.0 Å². The zero-order valence-corrected chi connectivity index (χ0v) is 38.2. The number of likely N-dealkylation sites (N-methyl/N-ethyl adjacent to an activating group) is 2. The SMILES string of the molecule is CN(C(=O)O)[C@H](C(=O)N1C[C@@H](O)C[C@H]1c1ccc([C@@H]2CC[C@@H](c3ccc([C@@H]4C[C@H](O)CN4C(=O)[C@@H](N(C)C(=O)O)C(C)(C)CC(N)=O)cc3)N2c2ccc(F)cc2)cc1)C(C)(C)CC(N)=O. The summed E-state index contributed by atoms with van der Waals surface area (Å²) >= 11 is 0. The van der Waals surface area contributed by atoms with Gasteiger partial charge in [-0.3, -0.25) is 29.0 Å². The fourth-order valence-electron chi connectivity index (χ4n) is 10.7. The van der Waals surface area contributed by atoms with E-state index in [0.717, 1.165) is 37.7 Å². The van der Waals surface area contributed by atoms with Crippen LogP contribution in [0.5, 0.6) is 0 Å². The number of aliphatic hydroxyl groups excluding tert-OH is 2. The molecule has 3 aliphatic rings. The zero-order chi connectivity index (χ0) is 48.6. The second kappa shape index (κ2) is 19.3. The van der Waals surface area contributed by atoms with E-state index in [1.807, 2.05) is 48.5 Å². The van der Waals surface area contributed by atoms with Gasteiger partial charge in [0.25, 0.3) is 0 Å². The van der Waals surface area contributed by atoms with E-state index in [1.165, 1.54) is 36.0 Å². The van der Waals surface area contributed by atoms with E-state index in [1.54, 1.807) is 39.8 Å². The summed E-state index contributed by atoms with van der Waals surface area (Å²) in [6, 6.07) is 17.6. The first kappa shape index (κ1) is 49.2. The summed E-state index contributed by atoms with van der Waals surface area (Å²) in [5.74, 6) is -2.85. The third kappa shape index (κ3) is 10.2. The zero-order valence-electron chi connectivity index (χ0n) is 38.2. The van der Waals surface area contributed by atoms with Gasteiger partial charge in [0.2, 0.25) is 23.6 Å². The molecule has 3 aromatic carbocycles. The predicted octanol–water partition coefficient (Wildman–Crippen LogP) is 4.94. The number of nitrogens with zero attached hydrogens (tertiary/aromatic N) is 5. The summed E-state index contributed by atoms with van der Waals surface area (Å²) in [5.41, 5.74) is 12.8. The Morgan fingerprint density at radius 1 is 0.606 bits per heavy atom. The van der Waals surface area contributed by atoms with Crippen LogP contribution in [0.1, 0.15) is 113 Å². The lowest BCUT2D eigenvalue weighted by molar-refractivity contribution is -0.143. The van der Waals surface area contributed by atoms with Crippen molar-refractivity contribution in [3.8, 4) is 0 Å². The number of amides is 6. The predicted molar refractivity (Wildman–Crippen MR) is 241 cm³/mol. The molecule has 0 spiro atoms. The molecule has 0 aliphatic carbocycles. The van der Waals surface area contributed by atoms with Crippen molar-refractivity contribution in [3.63, 3.8) is 0 Å². The molecule has 18 heteroatoms. The Morgan fingerprint density at radius 2 is 0.924 bits per heavy atom. The maximum Gasteiger partial charge on any atom is 0.407 e. The van der Waals surface area contributed by atoms with Gasteiger partial charge in [0.05, 0.1) is 36.4 Å². The van der Waals surface area contributed by atoms with Gasteiger partial charge in [0.15, 0.2) is 0 Å². The van der Waals surface area contributed by atoms with Crippen molar-refractivity contribution < 1.29 is 53.6 Å². The van der Waals surface area contributed by atoms with Crippen LogP contribution >= 0.6 is 0 Å². The van der Waals surface area contributed by atoms with Crippen LogP contribution in [0, 0.1) is 16.6 Å². The monoisotopic (exact) mass is 915 g/mol. The lowest BCUT2D eigenvalue weighted by Crippen LogP contribution is -2.56. The van der Waals surface area contributed by atoms with E-state index in [0.29, 0.717) is 12.8 Å². The van der Waals surface area contributed by atoms with Gasteiger partial charge in [-0.1, -0.05) is 76.2 Å². The molecule has 6 rings (SSSR count). The molecule has 6 amide bonds. The van der Waals surface area contributed by atoms with Crippen LogP contribution in [0.25, 0.3) is 0 Å². The van der Waals surface area contributed by atoms with Crippen LogP contribution in [0.4, 0.5) is 19.7 Å². The number of carboxylic acid groups (broad SMARTS) is 2. The summed E-state index contributed by atoms with van der Waals surface area (Å²) in [6.45, 7) is 6.39. The van der Waals surface area contributed by atoms with Crippen LogP contribution in [0.3, 0.4) is 0 Å². The Hall–Kier alpha value is -6.27. The lowest BCUT2D eigenvalue weighted by atomic mass is 9.79. The summed E-state index contributed by atoms with van der Waals surface area (Å²) in [6.07, 6.45) is -3.08. The highest BCUT2D eigenvalue weighted by molar-refractivity contribution is 5.89. The quantitative estimate of drug-likeness (QED) is 0.119. The number of β-amino-alcohol motifs (C(OH)–C–C–N with tert-alkyl or cyclic N) is 2. The molecule has 3 saturated heterocycles. The molecule has 3 aliphatic heterocycles. The van der Waals surface area contributed by atoms with Crippen LogP contribution in [-0.4, -0.2) is 127 Å². The standard InChI is InChI=1S/C48H62FN7O10/c1-47(2,23-39(50)59)41(52(5)45(63)64)43(61)54-25-33(57)21-37(54)29-11-7-27(8-12-29)35-19-20-36(56(35)32-17-15-31(49)16-18-32)28-9-13-30(14-10-28)38-22-34(58)26-55(38)44(62)42(53(6)46(65)66)48(3,4)24-40(51)60/h7-18,33-38,41-42,57-58H,19-26H2,1-6H3,(H2,50,59)(H2,51,60)(H,63,64)(H,65,66)/t33-,34-,35-,36-,37-,38-,41+,42+/m0/s1. The molecule has 0 saturated carbocycles. The van der Waals surface area contributed by atoms with E-state index in [-0.39, 0.29) is 56.7 Å². The van der Waals surface area contributed by atoms with Gasteiger partial charge in [0.1, 0.15) is 17.9 Å². The molecule has 0 unspecified atom stereocenters. The van der Waals surface area contributed by atoms with Crippen LogP contribution in [-0.2, 0) is 19.2 Å². The van der Waals surface area contributed by atoms with Gasteiger partial charge in [0, 0.05) is 56.5 Å². The van der Waals surface area contributed by atoms with Crippen molar-refractivity contribution >= 4 is 41.5 Å². The molecule has 0 radical (unpaired) electrons. The molecule has 8 N–H and O–H groups in total. The first-order valence-corrected chi connectivity index (χ1v) is 22.1. The molecule has 356 valence electrons. The van der Waals surface area contributed by atoms with E-state index < -0.39 is 83.0 Å². The molecule has 0 bridgehead atoms. The molecule has 0 aromatic heterocycles. The van der Waals surface area contributed by atoms with Crippen molar-refractivity contribution in [1.29, 1.82) is 0 Å². The second-order valence-electron chi connectivity index (χ2n) is 19.5. The number of likely N-dealkylation sites (tertiary alicyclic amines) is 2. The number of primary amides is 2. The number of carbonyl (C=O) groups is 6. The molecule has 17 nitrogen and oxygen atoms in total. The molecule has 66 heavy (non-hydrogen) atoms. The number of halogens is 1. The van der Waals surface area contributed by atoms with Gasteiger partial charge in [-0.2, -0.15) is 0 Å². The number of benzene rings is 3. The van der Waals surface area contributed by atoms with Crippen molar-refractivity contribution in [2.24, 2.45) is 22.3 Å². The molecule has 3 fully saturated rings. The summed E-state index contributed by atoms with van der Waals surface area (Å²) in [7, 11) is 2.55. The highest BCUT2D eigenvalue weighted by atomic mass is 19.1. The van der Waals surface area contributed by atoms with Crippen LogP contribution < -0.4 is 16.4 Å². The molecule has 3 aromatic rings. The molecular formula is C48H62FN7O10. The number of rotatable bonds is 15. The second-order valence-corrected chi connectivity index (χ2v) is 19.5. The van der Waals surface area contributed by atoms with E-state index in [9.17, 15) is 53.6 Å². The Labute approximate surface area is 383 Å². The highest BCUT2D eigenvalue weighted by Crippen LogP contribution is 2.48. The maximum absolute atomic E-state index is 14.3. The third-order valence-corrected chi connectivity index (χ3v) is 13.6. The minimum absolute atomic E-state index is 0.0311. The Morgan fingerprint density at radius 3 is 1.23 bits per heavy atom. The molecule has 3 heterocycles. The van der Waals surface area contributed by atoms with Crippen molar-refractivity contribution in [1.82, 2.24) is 19.6 Å². The van der Waals surface area contributed by atoms with Gasteiger partial charge < -0.3 is 46.6 Å².